The molecule has 1 aromatic carbocycles. The van der Waals surface area contributed by atoms with E-state index < -0.39 is 5.97 Å². The lowest BCUT2D eigenvalue weighted by Crippen LogP contribution is -2.35. The summed E-state index contributed by atoms with van der Waals surface area (Å²) in [5, 5.41) is 9.46. The highest BCUT2D eigenvalue weighted by Crippen LogP contribution is 2.19. The first-order chi connectivity index (χ1) is 9.40. The van der Waals surface area contributed by atoms with E-state index in [-0.39, 0.29) is 24.9 Å². The summed E-state index contributed by atoms with van der Waals surface area (Å²) >= 11 is 5.79. The summed E-state index contributed by atoms with van der Waals surface area (Å²) in [5.74, 6) is -1.28. The number of rotatable bonds is 7. The Morgan fingerprint density at radius 1 is 1.35 bits per heavy atom. The SMILES string of the molecule is CC(N)CCCC(=O)N(CC(=O)O)c1ccc(Cl)cc1. The van der Waals surface area contributed by atoms with Gasteiger partial charge in [-0.2, -0.15) is 0 Å². The topological polar surface area (TPSA) is 83.6 Å². The van der Waals surface area contributed by atoms with Gasteiger partial charge in [0.15, 0.2) is 0 Å². The second kappa shape index (κ2) is 7.87. The van der Waals surface area contributed by atoms with Gasteiger partial charge >= 0.3 is 5.97 Å². The van der Waals surface area contributed by atoms with Crippen LogP contribution >= 0.6 is 11.6 Å². The van der Waals surface area contributed by atoms with Crippen molar-refractivity contribution in [3.63, 3.8) is 0 Å². The van der Waals surface area contributed by atoms with Crippen molar-refractivity contribution in [3.8, 4) is 0 Å². The number of carbonyl (C=O) groups is 2. The highest BCUT2D eigenvalue weighted by molar-refractivity contribution is 6.30. The fourth-order valence-electron chi connectivity index (χ4n) is 1.79. The Balaban J connectivity index is 2.75. The van der Waals surface area contributed by atoms with Gasteiger partial charge in [0.1, 0.15) is 6.54 Å². The molecule has 5 nitrogen and oxygen atoms in total. The number of nitrogens with two attached hydrogens (primary N) is 1. The van der Waals surface area contributed by atoms with E-state index in [4.69, 9.17) is 22.4 Å². The maximum atomic E-state index is 12.1. The lowest BCUT2D eigenvalue weighted by atomic mass is 10.1. The van der Waals surface area contributed by atoms with Gasteiger partial charge in [-0.15, -0.1) is 0 Å². The Hall–Kier alpha value is -1.59. The van der Waals surface area contributed by atoms with E-state index >= 15 is 0 Å². The molecule has 110 valence electrons. The highest BCUT2D eigenvalue weighted by Gasteiger charge is 2.18. The van der Waals surface area contributed by atoms with Crippen LogP contribution in [0.4, 0.5) is 5.69 Å². The zero-order valence-corrected chi connectivity index (χ0v) is 12.1. The van der Waals surface area contributed by atoms with Gasteiger partial charge in [-0.05, 0) is 44.0 Å². The lowest BCUT2D eigenvalue weighted by Gasteiger charge is -2.21. The Morgan fingerprint density at radius 2 is 1.95 bits per heavy atom. The standard InChI is InChI=1S/C14H19ClN2O3/c1-10(16)3-2-4-13(18)17(9-14(19)20)12-7-5-11(15)6-8-12/h5-8,10H,2-4,9,16H2,1H3,(H,19,20). The van der Waals surface area contributed by atoms with Crippen LogP contribution in [0.15, 0.2) is 24.3 Å². The molecule has 0 heterocycles. The maximum Gasteiger partial charge on any atom is 0.323 e. The van der Waals surface area contributed by atoms with Gasteiger partial charge in [0, 0.05) is 23.2 Å². The zero-order chi connectivity index (χ0) is 15.1. The van der Waals surface area contributed by atoms with Gasteiger partial charge in [-0.3, -0.25) is 9.59 Å². The summed E-state index contributed by atoms with van der Waals surface area (Å²) in [7, 11) is 0. The minimum absolute atomic E-state index is 0.0336. The van der Waals surface area contributed by atoms with E-state index in [1.807, 2.05) is 6.92 Å². The fourth-order valence-corrected chi connectivity index (χ4v) is 1.92. The van der Waals surface area contributed by atoms with Crippen molar-refractivity contribution < 1.29 is 14.7 Å². The molecule has 0 aliphatic heterocycles. The van der Waals surface area contributed by atoms with Crippen molar-refractivity contribution in [1.29, 1.82) is 0 Å². The molecule has 0 aromatic heterocycles. The first-order valence-corrected chi connectivity index (χ1v) is 6.81. The smallest absolute Gasteiger partial charge is 0.323 e. The number of carboxylic acids is 1. The number of carboxylic acid groups (broad SMARTS) is 1. The monoisotopic (exact) mass is 298 g/mol. The fraction of sp³-hybridized carbons (Fsp3) is 0.429. The molecule has 3 N–H and O–H groups in total. The number of carbonyl (C=O) groups excluding carboxylic acids is 1. The largest absolute Gasteiger partial charge is 0.480 e. The average molecular weight is 299 g/mol. The predicted molar refractivity (Wildman–Crippen MR) is 78.9 cm³/mol. The van der Waals surface area contributed by atoms with Crippen LogP contribution in [0.25, 0.3) is 0 Å². The molecule has 1 amide bonds. The number of anilines is 1. The molecule has 0 radical (unpaired) electrons. The van der Waals surface area contributed by atoms with Gasteiger partial charge < -0.3 is 15.7 Å². The maximum absolute atomic E-state index is 12.1. The summed E-state index contributed by atoms with van der Waals surface area (Å²) in [5.41, 5.74) is 6.16. The minimum atomic E-state index is -1.06. The molecule has 20 heavy (non-hydrogen) atoms. The van der Waals surface area contributed by atoms with Crippen molar-refractivity contribution in [1.82, 2.24) is 0 Å². The molecular weight excluding hydrogens is 280 g/mol. The third kappa shape index (κ3) is 5.59. The van der Waals surface area contributed by atoms with Crippen LogP contribution in [0.5, 0.6) is 0 Å². The van der Waals surface area contributed by atoms with E-state index in [1.165, 1.54) is 4.90 Å². The van der Waals surface area contributed by atoms with Gasteiger partial charge in [0.25, 0.3) is 0 Å². The molecular formula is C14H19ClN2O3. The molecule has 6 heteroatoms. The Kier molecular flexibility index (Phi) is 6.48. The predicted octanol–water partition coefficient (Wildman–Crippen LogP) is 2.28. The third-order valence-electron chi connectivity index (χ3n) is 2.78. The first kappa shape index (κ1) is 16.5. The molecule has 0 bridgehead atoms. The van der Waals surface area contributed by atoms with Crippen LogP contribution in [-0.4, -0.2) is 29.6 Å². The summed E-state index contributed by atoms with van der Waals surface area (Å²) < 4.78 is 0. The van der Waals surface area contributed by atoms with Crippen molar-refractivity contribution in [2.45, 2.75) is 32.2 Å². The summed E-state index contributed by atoms with van der Waals surface area (Å²) in [6.45, 7) is 1.51. The lowest BCUT2D eigenvalue weighted by molar-refractivity contribution is -0.136. The Labute approximate surface area is 123 Å². The number of amides is 1. The van der Waals surface area contributed by atoms with Crippen LogP contribution in [0.3, 0.4) is 0 Å². The second-order valence-electron chi connectivity index (χ2n) is 4.72. The van der Waals surface area contributed by atoms with Crippen molar-refractivity contribution >= 4 is 29.2 Å². The number of benzene rings is 1. The molecule has 1 aromatic rings. The van der Waals surface area contributed by atoms with Crippen LogP contribution in [0, 0.1) is 0 Å². The van der Waals surface area contributed by atoms with Gasteiger partial charge in [0.05, 0.1) is 0 Å². The Morgan fingerprint density at radius 3 is 2.45 bits per heavy atom. The first-order valence-electron chi connectivity index (χ1n) is 6.43. The molecule has 1 rings (SSSR count). The number of aliphatic carboxylic acids is 1. The summed E-state index contributed by atoms with van der Waals surface area (Å²) in [6, 6.07) is 6.55. The normalized spacial score (nSPS) is 11.9. The molecule has 0 fully saturated rings. The summed E-state index contributed by atoms with van der Waals surface area (Å²) in [6.07, 6.45) is 1.64. The van der Waals surface area contributed by atoms with Gasteiger partial charge in [0.2, 0.25) is 5.91 Å². The van der Waals surface area contributed by atoms with E-state index in [0.717, 1.165) is 6.42 Å². The molecule has 1 atom stereocenters. The number of halogens is 1. The Bertz CT molecular complexity index is 460. The van der Waals surface area contributed by atoms with Gasteiger partial charge in [-0.1, -0.05) is 11.6 Å². The van der Waals surface area contributed by atoms with E-state index in [2.05, 4.69) is 0 Å². The van der Waals surface area contributed by atoms with Gasteiger partial charge in [-0.25, -0.2) is 0 Å². The minimum Gasteiger partial charge on any atom is -0.480 e. The molecule has 0 aliphatic rings. The average Bonchev–Trinajstić information content (AvgIpc) is 2.36. The van der Waals surface area contributed by atoms with Crippen LogP contribution in [0.1, 0.15) is 26.2 Å². The molecule has 0 spiro atoms. The second-order valence-corrected chi connectivity index (χ2v) is 5.16. The van der Waals surface area contributed by atoms with Crippen molar-refractivity contribution in [3.05, 3.63) is 29.3 Å². The molecule has 0 saturated heterocycles. The molecule has 0 aliphatic carbocycles. The van der Waals surface area contributed by atoms with Crippen LogP contribution < -0.4 is 10.6 Å². The highest BCUT2D eigenvalue weighted by atomic mass is 35.5. The van der Waals surface area contributed by atoms with Crippen LogP contribution in [0.2, 0.25) is 5.02 Å². The molecule has 0 saturated carbocycles. The third-order valence-corrected chi connectivity index (χ3v) is 3.03. The number of hydrogen-bond donors (Lipinski definition) is 2. The van der Waals surface area contributed by atoms with E-state index in [1.54, 1.807) is 24.3 Å². The van der Waals surface area contributed by atoms with E-state index in [9.17, 15) is 9.59 Å². The quantitative estimate of drug-likeness (QED) is 0.809. The molecule has 1 unspecified atom stereocenters. The van der Waals surface area contributed by atoms with E-state index in [0.29, 0.717) is 17.1 Å². The summed E-state index contributed by atoms with van der Waals surface area (Å²) in [4.78, 5) is 24.3. The zero-order valence-electron chi connectivity index (χ0n) is 11.4. The number of hydrogen-bond acceptors (Lipinski definition) is 3. The van der Waals surface area contributed by atoms with Crippen molar-refractivity contribution in [2.24, 2.45) is 5.73 Å². The van der Waals surface area contributed by atoms with Crippen LogP contribution in [-0.2, 0) is 9.59 Å². The number of nitrogens with zero attached hydrogens (tertiary/aromatic N) is 1. The van der Waals surface area contributed by atoms with Crippen molar-refractivity contribution in [2.75, 3.05) is 11.4 Å².